The van der Waals surface area contributed by atoms with Gasteiger partial charge in [-0.05, 0) is 316 Å². The number of aromatic amines is 1. The Hall–Kier alpha value is -8.91. The first-order valence-electron chi connectivity index (χ1n) is 48.6. The lowest BCUT2D eigenvalue weighted by Gasteiger charge is -2.20. The number of aliphatic hydroxyl groups excluding tert-OH is 6. The Balaban J connectivity index is 0.000000159. The number of hydrogen-bond donors (Lipinski definition) is 11. The van der Waals surface area contributed by atoms with Crippen molar-refractivity contribution in [1.82, 2.24) is 25.9 Å². The number of carboxylic acid groups (broad SMARTS) is 2. The zero-order valence-corrected chi connectivity index (χ0v) is 87.1. The second-order valence-electron chi connectivity index (χ2n) is 37.8. The average molecular weight is 2120 g/mol. The lowest BCUT2D eigenvalue weighted by molar-refractivity contribution is 0.0657. The number of carboxylic acids is 2. The second kappa shape index (κ2) is 55.0. The van der Waals surface area contributed by atoms with Crippen LogP contribution >= 0.6 is 103 Å². The molecule has 6 aromatic heterocycles. The van der Waals surface area contributed by atoms with Crippen LogP contribution in [0, 0.1) is 110 Å². The third-order valence-electron chi connectivity index (χ3n) is 27.0. The number of furan rings is 1. The number of nitrogen functional groups attached to an aromatic ring is 1. The molecular formula is C111H127Cl5F4N6O12S4. The van der Waals surface area contributed by atoms with Gasteiger partial charge in [-0.3, -0.25) is 4.79 Å². The third kappa shape index (κ3) is 33.6. The molecule has 18 nitrogen and oxygen atoms in total. The van der Waals surface area contributed by atoms with Gasteiger partial charge < -0.3 is 56.3 Å². The van der Waals surface area contributed by atoms with E-state index in [-0.39, 0.29) is 110 Å². The molecule has 20 atom stereocenters. The number of nitrogens with one attached hydrogen (secondary N) is 2. The molecule has 16 rings (SSSR count). The highest BCUT2D eigenvalue weighted by Crippen LogP contribution is 2.47. The Morgan fingerprint density at radius 3 is 1.12 bits per heavy atom. The highest BCUT2D eigenvalue weighted by atomic mass is 35.5. The maximum atomic E-state index is 13.4. The summed E-state index contributed by atoms with van der Waals surface area (Å²) < 4.78 is 58.8. The molecule has 142 heavy (non-hydrogen) atoms. The van der Waals surface area contributed by atoms with E-state index >= 15 is 0 Å². The van der Waals surface area contributed by atoms with E-state index < -0.39 is 59.6 Å². The lowest BCUT2D eigenvalue weighted by atomic mass is 9.89. The third-order valence-corrected chi connectivity index (χ3v) is 34.0. The quantitative estimate of drug-likeness (QED) is 0.00987. The van der Waals surface area contributed by atoms with Gasteiger partial charge in [0.25, 0.3) is 5.91 Å². The van der Waals surface area contributed by atoms with Gasteiger partial charge in [0.05, 0.1) is 46.9 Å². The van der Waals surface area contributed by atoms with Crippen LogP contribution in [0.3, 0.4) is 0 Å². The van der Waals surface area contributed by atoms with Crippen LogP contribution in [0.25, 0.3) is 41.1 Å². The summed E-state index contributed by atoms with van der Waals surface area (Å²) in [4.78, 5) is 41.6. The fraction of sp³-hybridized carbons (Fsp3) is 0.423. The summed E-state index contributed by atoms with van der Waals surface area (Å²) in [6.45, 7) is 11.0. The van der Waals surface area contributed by atoms with Crippen molar-refractivity contribution in [3.05, 3.63) is 307 Å². The van der Waals surface area contributed by atoms with Crippen molar-refractivity contribution in [2.45, 2.75) is 227 Å². The number of alkyl halides is 5. The van der Waals surface area contributed by atoms with Crippen molar-refractivity contribution >= 4 is 157 Å². The molecule has 5 aliphatic rings. The van der Waals surface area contributed by atoms with Crippen LogP contribution in [-0.4, -0.2) is 143 Å². The molecule has 0 aliphatic heterocycles. The second-order valence-corrected chi connectivity index (χ2v) is 45.3. The Kier molecular flexibility index (Phi) is 43.3. The molecule has 6 heterocycles. The van der Waals surface area contributed by atoms with Gasteiger partial charge in [0.1, 0.15) is 33.9 Å². The van der Waals surface area contributed by atoms with E-state index in [1.54, 1.807) is 58.3 Å². The molecule has 0 saturated heterocycles. The van der Waals surface area contributed by atoms with E-state index in [0.29, 0.717) is 72.7 Å². The summed E-state index contributed by atoms with van der Waals surface area (Å²) in [6.07, 6.45) is 33.4. The van der Waals surface area contributed by atoms with Gasteiger partial charge in [-0.2, -0.15) is 5.21 Å². The number of benzene rings is 5. The van der Waals surface area contributed by atoms with E-state index in [4.69, 9.17) is 83.5 Å². The SMILES string of the molecule is CCNC(=O)c1ccc(CCC[C@@H]2[C@@H](/C=C/c3cc(C)cc(C)c3)[C@H](O)C[C@H]2Cl)s1.Cc1cc(C)cc(/C=C/[C@@H]2[C@@H](CCCc3ccc(C(=O)O)o3)[C@H](Cl)C[C@H]2O)c1.Nc1ccc(/C=C/[C@@H]2[C@@H](CCCc3ccc(C(=O)O)s3)[C@H](Cl)C[C@H]2O)cc1.OCc1ccc(CCC[C@@H]2[C@@H](/C=C\c3cc(F)cc(F)c3)[C@H](O)C[C@H]2Cl)s1.O[C@@H]1C[C@@H](Cl)[C@H](CCCc2ccc(-c3nn[nH]n3)s2)[C@H]1/C=C\c1cc(F)cc(F)c1. The van der Waals surface area contributed by atoms with Gasteiger partial charge in [-0.15, -0.1) is 114 Å². The minimum absolute atomic E-state index is 0.00289. The number of anilines is 1. The molecule has 5 saturated carbocycles. The number of aryl methyl sites for hydroxylation is 9. The minimum Gasteiger partial charge on any atom is -0.477 e. The zero-order valence-electron chi connectivity index (χ0n) is 80.1. The van der Waals surface area contributed by atoms with Crippen molar-refractivity contribution in [3.8, 4) is 10.7 Å². The Morgan fingerprint density at radius 2 is 0.768 bits per heavy atom. The number of carbonyl (C=O) groups excluding carboxylic acids is 1. The highest BCUT2D eigenvalue weighted by molar-refractivity contribution is 7.15. The standard InChI is InChI=1S/C25H32ClNO2S.C23H27ClO4.C21H21ClF2N4OS.C21H23ClF2O2S.C21H24ClNO3S/c1-4-27-25(29)24-11-9-19(30-24)6-5-7-20-21(23(28)15-22(20)26)10-8-18-13-16(2)12-17(3)14-18;1-14-10-15(2)12-16(11-14)6-8-19-18(20(24)13-21(19)25)5-3-4-17-7-9-22(28-17)23(26)27;22-18-11-19(29)17(6-4-12-8-13(23)10-14(24)9-12)16(18)3-1-2-15-5-7-20(30-15)21-25-27-28-26-21;22-20-11-21(26)19(7-4-13-8-14(23)10-15(24)9-13)18(20)3-1-2-16-5-6-17(12-25)27-16;22-18-12-19(24)17(10-6-13-4-7-14(23)8-5-13)16(18)3-1-2-15-9-11-20(27-15)21(25)26/h8-14,20-23,28H,4-7,15H2,1-3H3,(H,27,29);6-12,18-21,25H,3-5,13H2,1-2H3,(H,26,27);4-10,16-19,29H,1-3,11H2,(H,25,26,27,28);4-10,18-21,25-26H,1-3,11-12H2;4-11,16-19,24H,1-3,12,23H2,(H,25,26)/b10-8+;8-6+;6-4-;7-4-;10-6+/t20-,21-,22-,23-;18-,19-,20-,21-;16-,17-,18-,19-;18-,19-,20-,21-;16-,17-,18-,19-/m11111/s1. The number of tetrazole rings is 1. The molecule has 11 aromatic rings. The van der Waals surface area contributed by atoms with Crippen LogP contribution < -0.4 is 11.1 Å². The van der Waals surface area contributed by atoms with Crippen LogP contribution in [0.4, 0.5) is 23.2 Å². The van der Waals surface area contributed by atoms with Gasteiger partial charge in [-0.1, -0.05) is 132 Å². The molecular weight excluding hydrogens is 1990 g/mol. The number of carbonyl (C=O) groups is 3. The van der Waals surface area contributed by atoms with Crippen molar-refractivity contribution in [2.75, 3.05) is 12.3 Å². The number of rotatable bonds is 36. The summed E-state index contributed by atoms with van der Waals surface area (Å²) in [6, 6.07) is 46.0. The predicted molar refractivity (Wildman–Crippen MR) is 568 cm³/mol. The summed E-state index contributed by atoms with van der Waals surface area (Å²) in [5, 5.41) is 95.9. The number of aromatic nitrogens is 4. The van der Waals surface area contributed by atoms with E-state index in [1.165, 1.54) is 84.1 Å². The van der Waals surface area contributed by atoms with Crippen LogP contribution in [0.15, 0.2) is 193 Å². The van der Waals surface area contributed by atoms with Gasteiger partial charge in [0, 0.05) is 112 Å². The lowest BCUT2D eigenvalue weighted by Crippen LogP contribution is -2.21. The van der Waals surface area contributed by atoms with Gasteiger partial charge in [-0.25, -0.2) is 27.2 Å². The molecule has 5 aliphatic carbocycles. The van der Waals surface area contributed by atoms with E-state index in [2.05, 4.69) is 126 Å². The largest absolute Gasteiger partial charge is 0.477 e. The molecule has 0 spiro atoms. The molecule has 1 amide bonds. The number of aliphatic hydroxyl groups is 6. The summed E-state index contributed by atoms with van der Waals surface area (Å²) in [5.74, 6) is -2.41. The van der Waals surface area contributed by atoms with Crippen molar-refractivity contribution in [3.63, 3.8) is 0 Å². The first kappa shape index (κ1) is 112. The van der Waals surface area contributed by atoms with Crippen LogP contribution in [0.2, 0.25) is 0 Å². The molecule has 31 heteroatoms. The van der Waals surface area contributed by atoms with E-state index in [9.17, 15) is 57.5 Å². The first-order chi connectivity index (χ1) is 68.1. The van der Waals surface area contributed by atoms with Crippen LogP contribution in [-0.2, 0) is 38.7 Å². The fourth-order valence-electron chi connectivity index (χ4n) is 20.2. The number of hydrogen-bond acceptors (Lipinski definition) is 18. The summed E-state index contributed by atoms with van der Waals surface area (Å²) in [7, 11) is 0. The fourth-order valence-corrected chi connectivity index (χ4v) is 26.3. The summed E-state index contributed by atoms with van der Waals surface area (Å²) >= 11 is 38.8. The Morgan fingerprint density at radius 1 is 0.423 bits per heavy atom. The summed E-state index contributed by atoms with van der Waals surface area (Å²) in [5.41, 5.74) is 15.6. The van der Waals surface area contributed by atoms with E-state index in [0.717, 1.165) is 138 Å². The van der Waals surface area contributed by atoms with Crippen LogP contribution in [0.1, 0.15) is 213 Å². The number of nitrogens with zero attached hydrogens (tertiary/aromatic N) is 3. The highest BCUT2D eigenvalue weighted by Gasteiger charge is 2.44. The molecule has 0 bridgehead atoms. The number of amides is 1. The number of halogens is 9. The number of aromatic carboxylic acids is 2. The molecule has 760 valence electrons. The first-order valence-corrected chi connectivity index (χ1v) is 54.0. The molecule has 5 fully saturated rings. The maximum Gasteiger partial charge on any atom is 0.371 e. The average Bonchev–Trinajstić information content (AvgIpc) is 1.69. The number of H-pyrrole nitrogens is 1. The van der Waals surface area contributed by atoms with Crippen LogP contribution in [0.5, 0.6) is 0 Å². The van der Waals surface area contributed by atoms with Gasteiger partial charge in [0.15, 0.2) is 0 Å². The molecule has 0 unspecified atom stereocenters. The Bertz CT molecular complexity index is 5950. The minimum atomic E-state index is -1.05. The zero-order chi connectivity index (χ0) is 102. The number of nitrogens with two attached hydrogens (primary N) is 1. The van der Waals surface area contributed by atoms with Gasteiger partial charge >= 0.3 is 11.9 Å². The molecule has 5 aromatic carbocycles. The Labute approximate surface area is 869 Å². The smallest absolute Gasteiger partial charge is 0.371 e. The monoisotopic (exact) mass is 2110 g/mol. The molecule has 12 N–H and O–H groups in total. The van der Waals surface area contributed by atoms with Crippen molar-refractivity contribution < 1.29 is 77.2 Å². The van der Waals surface area contributed by atoms with E-state index in [1.807, 2.05) is 85.8 Å². The maximum absolute atomic E-state index is 13.4. The topological polar surface area (TPSA) is 319 Å². The van der Waals surface area contributed by atoms with Crippen molar-refractivity contribution in [1.29, 1.82) is 0 Å². The normalized spacial score (nSPS) is 24.7. The molecule has 0 radical (unpaired) electrons. The van der Waals surface area contributed by atoms with Gasteiger partial charge in [0.2, 0.25) is 11.6 Å². The number of thiophene rings is 4. The predicted octanol–water partition coefficient (Wildman–Crippen LogP) is 25.7. The van der Waals surface area contributed by atoms with Crippen molar-refractivity contribution in [2.24, 2.45) is 59.2 Å².